The Morgan fingerprint density at radius 1 is 1.23 bits per heavy atom. The van der Waals surface area contributed by atoms with Gasteiger partial charge in [0.2, 0.25) is 0 Å². The van der Waals surface area contributed by atoms with Crippen molar-refractivity contribution in [3.63, 3.8) is 0 Å². The van der Waals surface area contributed by atoms with Crippen molar-refractivity contribution in [3.8, 4) is 11.4 Å². The molecule has 3 rings (SSSR count). The molecule has 22 heavy (non-hydrogen) atoms. The molecule has 114 valence electrons. The average molecular weight is 297 g/mol. The summed E-state index contributed by atoms with van der Waals surface area (Å²) in [5.41, 5.74) is 1.49. The maximum absolute atomic E-state index is 12.2. The molecule has 0 aliphatic rings. The third-order valence-corrected chi connectivity index (χ3v) is 3.44. The highest BCUT2D eigenvalue weighted by Crippen LogP contribution is 2.13. The summed E-state index contributed by atoms with van der Waals surface area (Å²) in [6.45, 7) is 3.65. The number of unbranched alkanes of at least 4 members (excludes halogenated alkanes) is 1. The smallest absolute Gasteiger partial charge is 0.274 e. The fourth-order valence-electron chi connectivity index (χ4n) is 2.26. The number of hydrogen-bond donors (Lipinski definition) is 2. The molecule has 0 saturated heterocycles. The molecule has 2 heterocycles. The topological polar surface area (TPSA) is 75.1 Å². The minimum Gasteiger partial charge on any atom is -0.311 e. The van der Waals surface area contributed by atoms with Gasteiger partial charge in [-0.1, -0.05) is 43.7 Å². The van der Waals surface area contributed by atoms with E-state index in [-0.39, 0.29) is 5.56 Å². The van der Waals surface area contributed by atoms with Gasteiger partial charge in [-0.2, -0.15) is 9.50 Å². The predicted octanol–water partition coefficient (Wildman–Crippen LogP) is 1.97. The van der Waals surface area contributed by atoms with Crippen LogP contribution in [0.1, 0.15) is 25.5 Å². The highest BCUT2D eigenvalue weighted by molar-refractivity contribution is 5.56. The van der Waals surface area contributed by atoms with Crippen molar-refractivity contribution in [1.82, 2.24) is 24.9 Å². The Labute approximate surface area is 128 Å². The third kappa shape index (κ3) is 3.07. The van der Waals surface area contributed by atoms with E-state index < -0.39 is 0 Å². The quantitative estimate of drug-likeness (QED) is 0.682. The molecular formula is C16H19N5O. The van der Waals surface area contributed by atoms with E-state index in [2.05, 4.69) is 27.3 Å². The van der Waals surface area contributed by atoms with Crippen LogP contribution < -0.4 is 10.9 Å². The number of nitrogens with one attached hydrogen (secondary N) is 2. The molecule has 0 atom stereocenters. The lowest BCUT2D eigenvalue weighted by Crippen LogP contribution is -2.20. The number of aromatic nitrogens is 4. The van der Waals surface area contributed by atoms with Gasteiger partial charge in [0.05, 0.1) is 5.69 Å². The van der Waals surface area contributed by atoms with Crippen LogP contribution in [0.5, 0.6) is 0 Å². The van der Waals surface area contributed by atoms with Crippen molar-refractivity contribution in [1.29, 1.82) is 0 Å². The minimum atomic E-state index is -0.146. The zero-order valence-electron chi connectivity index (χ0n) is 12.5. The van der Waals surface area contributed by atoms with E-state index in [0.717, 1.165) is 24.9 Å². The van der Waals surface area contributed by atoms with Crippen LogP contribution in [0.15, 0.2) is 41.2 Å². The fourth-order valence-corrected chi connectivity index (χ4v) is 2.26. The maximum Gasteiger partial charge on any atom is 0.274 e. The molecule has 1 aromatic carbocycles. The molecular weight excluding hydrogens is 278 g/mol. The largest absolute Gasteiger partial charge is 0.311 e. The SMILES string of the molecule is CCCCNCc1cc(=O)n2[nH]c(-c3ccccc3)nc2n1. The number of rotatable bonds is 6. The van der Waals surface area contributed by atoms with Gasteiger partial charge in [0.15, 0.2) is 5.82 Å². The number of fused-ring (bicyclic) bond motifs is 1. The number of H-pyrrole nitrogens is 1. The molecule has 0 bridgehead atoms. The van der Waals surface area contributed by atoms with Gasteiger partial charge < -0.3 is 5.32 Å². The highest BCUT2D eigenvalue weighted by atomic mass is 16.1. The minimum absolute atomic E-state index is 0.146. The van der Waals surface area contributed by atoms with Gasteiger partial charge in [-0.05, 0) is 13.0 Å². The van der Waals surface area contributed by atoms with Crippen molar-refractivity contribution in [2.45, 2.75) is 26.3 Å². The molecule has 6 heteroatoms. The zero-order chi connectivity index (χ0) is 15.4. The van der Waals surface area contributed by atoms with Gasteiger partial charge in [0.25, 0.3) is 11.3 Å². The second-order valence-corrected chi connectivity index (χ2v) is 5.19. The number of aromatic amines is 1. The van der Waals surface area contributed by atoms with E-state index in [9.17, 15) is 4.79 Å². The Hall–Kier alpha value is -2.47. The molecule has 6 nitrogen and oxygen atoms in total. The van der Waals surface area contributed by atoms with Gasteiger partial charge >= 0.3 is 0 Å². The normalized spacial score (nSPS) is 11.1. The maximum atomic E-state index is 12.2. The standard InChI is InChI=1S/C16H19N5O/c1-2-3-9-17-11-13-10-14(22)21-16(18-13)19-15(20-21)12-7-5-4-6-8-12/h4-8,10,17H,2-3,9,11H2,1H3,(H,18,19,20). The molecule has 0 spiro atoms. The highest BCUT2D eigenvalue weighted by Gasteiger charge is 2.09. The van der Waals surface area contributed by atoms with Crippen LogP contribution in [0.2, 0.25) is 0 Å². The van der Waals surface area contributed by atoms with Crippen molar-refractivity contribution in [2.24, 2.45) is 0 Å². The Bertz CT molecular complexity index is 806. The second kappa shape index (κ2) is 6.53. The summed E-state index contributed by atoms with van der Waals surface area (Å²) < 4.78 is 1.37. The van der Waals surface area contributed by atoms with Crippen molar-refractivity contribution >= 4 is 5.78 Å². The predicted molar refractivity (Wildman–Crippen MR) is 85.7 cm³/mol. The van der Waals surface area contributed by atoms with Crippen molar-refractivity contribution < 1.29 is 0 Å². The van der Waals surface area contributed by atoms with Gasteiger partial charge in [0.1, 0.15) is 0 Å². The summed E-state index contributed by atoms with van der Waals surface area (Å²) in [5, 5.41) is 6.28. The average Bonchev–Trinajstić information content (AvgIpc) is 2.97. The summed E-state index contributed by atoms with van der Waals surface area (Å²) in [5.74, 6) is 1.04. The Morgan fingerprint density at radius 2 is 2.05 bits per heavy atom. The molecule has 0 saturated carbocycles. The van der Waals surface area contributed by atoms with Crippen LogP contribution in [-0.4, -0.2) is 26.1 Å². The van der Waals surface area contributed by atoms with Crippen molar-refractivity contribution in [3.05, 3.63) is 52.4 Å². The molecule has 2 N–H and O–H groups in total. The molecule has 2 aromatic heterocycles. The monoisotopic (exact) mass is 297 g/mol. The third-order valence-electron chi connectivity index (χ3n) is 3.44. The molecule has 0 aliphatic carbocycles. The summed E-state index contributed by atoms with van der Waals surface area (Å²) in [6, 6.07) is 11.2. The second-order valence-electron chi connectivity index (χ2n) is 5.19. The molecule has 3 aromatic rings. The molecule has 0 unspecified atom stereocenters. The number of nitrogens with zero attached hydrogens (tertiary/aromatic N) is 3. The zero-order valence-corrected chi connectivity index (χ0v) is 12.5. The van der Waals surface area contributed by atoms with Gasteiger partial charge in [0, 0.05) is 18.2 Å². The summed E-state index contributed by atoms with van der Waals surface area (Å²) in [4.78, 5) is 21.0. The van der Waals surface area contributed by atoms with Crippen LogP contribution in [-0.2, 0) is 6.54 Å². The first-order chi connectivity index (χ1) is 10.8. The lowest BCUT2D eigenvalue weighted by atomic mass is 10.2. The lowest BCUT2D eigenvalue weighted by molar-refractivity contribution is 0.631. The Balaban J connectivity index is 1.88. The molecule has 0 amide bonds. The summed E-state index contributed by atoms with van der Waals surface area (Å²) >= 11 is 0. The van der Waals surface area contributed by atoms with E-state index in [4.69, 9.17) is 0 Å². The van der Waals surface area contributed by atoms with Crippen LogP contribution >= 0.6 is 0 Å². The number of hydrogen-bond acceptors (Lipinski definition) is 4. The van der Waals surface area contributed by atoms with Crippen LogP contribution in [0.25, 0.3) is 17.2 Å². The van der Waals surface area contributed by atoms with Gasteiger partial charge in [-0.25, -0.2) is 4.98 Å². The molecule has 0 radical (unpaired) electrons. The van der Waals surface area contributed by atoms with E-state index >= 15 is 0 Å². The Kier molecular flexibility index (Phi) is 4.29. The van der Waals surface area contributed by atoms with Crippen LogP contribution in [0, 0.1) is 0 Å². The lowest BCUT2D eigenvalue weighted by Gasteiger charge is -2.02. The van der Waals surface area contributed by atoms with Gasteiger partial charge in [-0.3, -0.25) is 9.89 Å². The Morgan fingerprint density at radius 3 is 2.82 bits per heavy atom. The van der Waals surface area contributed by atoms with Crippen molar-refractivity contribution in [2.75, 3.05) is 6.54 Å². The van der Waals surface area contributed by atoms with Gasteiger partial charge in [-0.15, -0.1) is 0 Å². The van der Waals surface area contributed by atoms with E-state index in [1.165, 1.54) is 4.52 Å². The van der Waals surface area contributed by atoms with Crippen LogP contribution in [0.3, 0.4) is 0 Å². The molecule has 0 aliphatic heterocycles. The van der Waals surface area contributed by atoms with E-state index in [1.807, 2.05) is 30.3 Å². The summed E-state index contributed by atoms with van der Waals surface area (Å²) in [6.07, 6.45) is 2.25. The van der Waals surface area contributed by atoms with E-state index in [0.29, 0.717) is 23.8 Å². The first-order valence-corrected chi connectivity index (χ1v) is 7.53. The fraction of sp³-hybridized carbons (Fsp3) is 0.312. The van der Waals surface area contributed by atoms with E-state index in [1.54, 1.807) is 6.07 Å². The first-order valence-electron chi connectivity index (χ1n) is 7.53. The first kappa shape index (κ1) is 14.5. The number of benzene rings is 1. The molecule has 0 fully saturated rings. The summed E-state index contributed by atoms with van der Waals surface area (Å²) in [7, 11) is 0. The van der Waals surface area contributed by atoms with Crippen LogP contribution in [0.4, 0.5) is 0 Å².